The number of phenols is 1. The van der Waals surface area contributed by atoms with E-state index >= 15 is 0 Å². The molecule has 1 saturated carbocycles. The highest BCUT2D eigenvalue weighted by molar-refractivity contribution is 5.44. The molecular formula is C14H21NO2. The van der Waals surface area contributed by atoms with E-state index in [1.165, 1.54) is 12.0 Å². The summed E-state index contributed by atoms with van der Waals surface area (Å²) in [4.78, 5) is 0. The lowest BCUT2D eigenvalue weighted by Crippen LogP contribution is -2.16. The molecule has 0 spiro atoms. The molecule has 0 aromatic heterocycles. The first-order valence-electron chi connectivity index (χ1n) is 6.42. The zero-order valence-corrected chi connectivity index (χ0v) is 10.6. The predicted octanol–water partition coefficient (Wildman–Crippen LogP) is 2.50. The molecule has 0 saturated heterocycles. The monoisotopic (exact) mass is 235 g/mol. The summed E-state index contributed by atoms with van der Waals surface area (Å²) >= 11 is 0. The van der Waals surface area contributed by atoms with E-state index < -0.39 is 0 Å². The van der Waals surface area contributed by atoms with Crippen LogP contribution in [-0.4, -0.2) is 24.8 Å². The highest BCUT2D eigenvalue weighted by atomic mass is 16.5. The second-order valence-electron chi connectivity index (χ2n) is 4.57. The third-order valence-corrected chi connectivity index (χ3v) is 3.29. The molecule has 0 radical (unpaired) electrons. The summed E-state index contributed by atoms with van der Waals surface area (Å²) in [6.45, 7) is 6.76. The normalized spacial score (nSPS) is 22.5. The van der Waals surface area contributed by atoms with Crippen molar-refractivity contribution in [3.63, 3.8) is 0 Å². The van der Waals surface area contributed by atoms with E-state index in [2.05, 4.69) is 12.2 Å². The number of benzene rings is 1. The number of aromatic hydroxyl groups is 1. The Morgan fingerprint density at radius 1 is 1.41 bits per heavy atom. The van der Waals surface area contributed by atoms with Crippen LogP contribution in [0.1, 0.15) is 31.7 Å². The third-order valence-electron chi connectivity index (χ3n) is 3.29. The second-order valence-corrected chi connectivity index (χ2v) is 4.57. The van der Waals surface area contributed by atoms with Gasteiger partial charge in [-0.1, -0.05) is 13.0 Å². The van der Waals surface area contributed by atoms with E-state index in [-0.39, 0.29) is 5.75 Å². The fourth-order valence-corrected chi connectivity index (χ4v) is 2.24. The molecule has 1 aliphatic rings. The summed E-state index contributed by atoms with van der Waals surface area (Å²) < 4.78 is 5.41. The van der Waals surface area contributed by atoms with Gasteiger partial charge in [-0.05, 0) is 56.0 Å². The summed E-state index contributed by atoms with van der Waals surface area (Å²) in [7, 11) is 0. The summed E-state index contributed by atoms with van der Waals surface area (Å²) in [6, 6.07) is 5.73. The van der Waals surface area contributed by atoms with E-state index in [4.69, 9.17) is 4.74 Å². The molecule has 3 nitrogen and oxygen atoms in total. The van der Waals surface area contributed by atoms with Crippen LogP contribution in [0.2, 0.25) is 0 Å². The van der Waals surface area contributed by atoms with Gasteiger partial charge in [-0.25, -0.2) is 0 Å². The number of hydrogen-bond donors (Lipinski definition) is 2. The number of ether oxygens (including phenoxy) is 1. The smallest absolute Gasteiger partial charge is 0.161 e. The van der Waals surface area contributed by atoms with Crippen LogP contribution in [0, 0.1) is 5.92 Å². The van der Waals surface area contributed by atoms with Crippen molar-refractivity contribution in [1.29, 1.82) is 0 Å². The summed E-state index contributed by atoms with van der Waals surface area (Å²) in [5.74, 6) is 2.22. The Bertz CT molecular complexity index is 378. The lowest BCUT2D eigenvalue weighted by molar-refractivity contribution is 0.317. The fraction of sp³-hybridized carbons (Fsp3) is 0.571. The Kier molecular flexibility index (Phi) is 3.89. The van der Waals surface area contributed by atoms with Crippen molar-refractivity contribution < 1.29 is 9.84 Å². The van der Waals surface area contributed by atoms with Crippen LogP contribution >= 0.6 is 0 Å². The molecule has 17 heavy (non-hydrogen) atoms. The molecule has 3 heteroatoms. The van der Waals surface area contributed by atoms with Gasteiger partial charge in [0.15, 0.2) is 11.5 Å². The number of rotatable bonds is 6. The molecular weight excluding hydrogens is 214 g/mol. The summed E-state index contributed by atoms with van der Waals surface area (Å²) in [5.41, 5.74) is 1.29. The first-order valence-corrected chi connectivity index (χ1v) is 6.42. The summed E-state index contributed by atoms with van der Waals surface area (Å²) in [6.07, 6.45) is 1.24. The Hall–Kier alpha value is -1.22. The van der Waals surface area contributed by atoms with Gasteiger partial charge in [0.1, 0.15) is 0 Å². The largest absolute Gasteiger partial charge is 0.504 e. The zero-order chi connectivity index (χ0) is 12.3. The average molecular weight is 235 g/mol. The first kappa shape index (κ1) is 12.2. The minimum absolute atomic E-state index is 0.236. The van der Waals surface area contributed by atoms with Crippen molar-refractivity contribution in [2.75, 3.05) is 19.7 Å². The van der Waals surface area contributed by atoms with Crippen molar-refractivity contribution in [1.82, 2.24) is 5.32 Å². The standard InChI is InChI=1S/C14H21NO2/c1-3-15-9-11-7-12(11)10-5-6-13(16)14(8-10)17-4-2/h5-6,8,11-12,15-16H,3-4,7,9H2,1-2H3. The lowest BCUT2D eigenvalue weighted by Gasteiger charge is -2.08. The topological polar surface area (TPSA) is 41.5 Å². The quantitative estimate of drug-likeness (QED) is 0.796. The maximum atomic E-state index is 9.64. The van der Waals surface area contributed by atoms with Crippen molar-refractivity contribution in [3.8, 4) is 11.5 Å². The molecule has 2 rings (SSSR count). The van der Waals surface area contributed by atoms with Crippen LogP contribution < -0.4 is 10.1 Å². The molecule has 1 fully saturated rings. The van der Waals surface area contributed by atoms with Crippen molar-refractivity contribution in [2.24, 2.45) is 5.92 Å². The molecule has 1 aromatic rings. The molecule has 0 heterocycles. The molecule has 2 atom stereocenters. The van der Waals surface area contributed by atoms with Crippen LogP contribution in [0.5, 0.6) is 11.5 Å². The predicted molar refractivity (Wildman–Crippen MR) is 68.7 cm³/mol. The maximum absolute atomic E-state index is 9.64. The SMILES string of the molecule is CCNCC1CC1c1ccc(O)c(OCC)c1. The van der Waals surface area contributed by atoms with Crippen LogP contribution in [-0.2, 0) is 0 Å². The van der Waals surface area contributed by atoms with Crippen molar-refractivity contribution in [2.45, 2.75) is 26.2 Å². The van der Waals surface area contributed by atoms with Gasteiger partial charge in [0.05, 0.1) is 6.61 Å². The Labute approximate surface area is 103 Å². The van der Waals surface area contributed by atoms with E-state index in [9.17, 15) is 5.11 Å². The number of nitrogens with one attached hydrogen (secondary N) is 1. The molecule has 0 bridgehead atoms. The molecule has 2 N–H and O–H groups in total. The highest BCUT2D eigenvalue weighted by Gasteiger charge is 2.37. The Balaban J connectivity index is 2.00. The van der Waals surface area contributed by atoms with Gasteiger partial charge in [-0.15, -0.1) is 0 Å². The van der Waals surface area contributed by atoms with Crippen LogP contribution in [0.25, 0.3) is 0 Å². The second kappa shape index (κ2) is 5.41. The Morgan fingerprint density at radius 3 is 2.94 bits per heavy atom. The zero-order valence-electron chi connectivity index (χ0n) is 10.6. The Morgan fingerprint density at radius 2 is 2.24 bits per heavy atom. The number of hydrogen-bond acceptors (Lipinski definition) is 3. The molecule has 1 aliphatic carbocycles. The molecule has 1 aromatic carbocycles. The lowest BCUT2D eigenvalue weighted by atomic mass is 10.1. The first-order chi connectivity index (χ1) is 8.26. The van der Waals surface area contributed by atoms with Gasteiger partial charge in [-0.3, -0.25) is 0 Å². The number of phenolic OH excluding ortho intramolecular Hbond substituents is 1. The summed E-state index contributed by atoms with van der Waals surface area (Å²) in [5, 5.41) is 13.0. The van der Waals surface area contributed by atoms with Crippen LogP contribution in [0.15, 0.2) is 18.2 Å². The van der Waals surface area contributed by atoms with Gasteiger partial charge < -0.3 is 15.2 Å². The van der Waals surface area contributed by atoms with Crippen molar-refractivity contribution >= 4 is 0 Å². The van der Waals surface area contributed by atoms with Crippen LogP contribution in [0.3, 0.4) is 0 Å². The van der Waals surface area contributed by atoms with Gasteiger partial charge in [0.25, 0.3) is 0 Å². The van der Waals surface area contributed by atoms with Crippen molar-refractivity contribution in [3.05, 3.63) is 23.8 Å². The highest BCUT2D eigenvalue weighted by Crippen LogP contribution is 2.48. The molecule has 2 unspecified atom stereocenters. The van der Waals surface area contributed by atoms with E-state index in [0.29, 0.717) is 18.3 Å². The third kappa shape index (κ3) is 2.91. The molecule has 0 amide bonds. The van der Waals surface area contributed by atoms with Gasteiger partial charge in [0.2, 0.25) is 0 Å². The minimum Gasteiger partial charge on any atom is -0.504 e. The maximum Gasteiger partial charge on any atom is 0.161 e. The van der Waals surface area contributed by atoms with E-state index in [0.717, 1.165) is 19.0 Å². The van der Waals surface area contributed by atoms with Gasteiger partial charge in [0, 0.05) is 0 Å². The fourth-order valence-electron chi connectivity index (χ4n) is 2.24. The van der Waals surface area contributed by atoms with Gasteiger partial charge >= 0.3 is 0 Å². The molecule has 0 aliphatic heterocycles. The molecule has 94 valence electrons. The van der Waals surface area contributed by atoms with Crippen LogP contribution in [0.4, 0.5) is 0 Å². The minimum atomic E-state index is 0.236. The van der Waals surface area contributed by atoms with Gasteiger partial charge in [-0.2, -0.15) is 0 Å². The van der Waals surface area contributed by atoms with E-state index in [1.54, 1.807) is 6.07 Å². The van der Waals surface area contributed by atoms with E-state index in [1.807, 2.05) is 19.1 Å². The average Bonchev–Trinajstić information content (AvgIpc) is 3.09.